The Morgan fingerprint density at radius 1 is 1.40 bits per heavy atom. The van der Waals surface area contributed by atoms with E-state index in [1.165, 1.54) is 5.57 Å². The van der Waals surface area contributed by atoms with E-state index in [9.17, 15) is 0 Å². The molecule has 0 amide bonds. The highest BCUT2D eigenvalue weighted by Crippen LogP contribution is 2.06. The first-order valence-electron chi connectivity index (χ1n) is 3.51. The Balaban J connectivity index is 2.55. The first-order chi connectivity index (χ1) is 4.93. The van der Waals surface area contributed by atoms with Gasteiger partial charge in [-0.15, -0.1) is 0 Å². The van der Waals surface area contributed by atoms with Crippen LogP contribution in [0.3, 0.4) is 0 Å². The maximum Gasteiger partial charge on any atom is 0.000717 e. The number of nitrogens with one attached hydrogen (secondary N) is 1. The molecule has 0 aromatic rings. The first kappa shape index (κ1) is 7.13. The topological polar surface area (TPSA) is 12.0 Å². The Morgan fingerprint density at radius 2 is 2.30 bits per heavy atom. The second-order valence-corrected chi connectivity index (χ2v) is 2.20. The number of allylic oxidation sites excluding steroid dienone is 4. The Kier molecular flexibility index (Phi) is 2.81. The van der Waals surface area contributed by atoms with Gasteiger partial charge in [-0.3, -0.25) is 0 Å². The quantitative estimate of drug-likeness (QED) is 0.610. The van der Waals surface area contributed by atoms with Crippen LogP contribution in [0, 0.1) is 6.92 Å². The summed E-state index contributed by atoms with van der Waals surface area (Å²) in [5.41, 5.74) is 1.33. The van der Waals surface area contributed by atoms with Crippen molar-refractivity contribution in [2.24, 2.45) is 0 Å². The highest BCUT2D eigenvalue weighted by Gasteiger charge is 1.89. The van der Waals surface area contributed by atoms with Crippen LogP contribution >= 0.6 is 0 Å². The third kappa shape index (κ3) is 2.09. The largest absolute Gasteiger partial charge is 0.368 e. The third-order valence-corrected chi connectivity index (χ3v) is 1.36. The Labute approximate surface area is 62.1 Å². The molecule has 1 N–H and O–H groups in total. The van der Waals surface area contributed by atoms with Crippen LogP contribution in [0.1, 0.15) is 12.8 Å². The Morgan fingerprint density at radius 3 is 3.10 bits per heavy atom. The van der Waals surface area contributed by atoms with Gasteiger partial charge in [-0.2, -0.15) is 0 Å². The lowest BCUT2D eigenvalue weighted by Gasteiger charge is -1.94. The van der Waals surface area contributed by atoms with Gasteiger partial charge in [0, 0.05) is 12.4 Å². The Hall–Kier alpha value is -0.980. The summed E-state index contributed by atoms with van der Waals surface area (Å²) in [6.45, 7) is 3.79. The Bertz CT molecular complexity index is 175. The first-order valence-corrected chi connectivity index (χ1v) is 3.51. The number of rotatable bonds is 2. The molecule has 53 valence electrons. The van der Waals surface area contributed by atoms with Gasteiger partial charge in [-0.1, -0.05) is 13.0 Å². The molecule has 0 aromatic carbocycles. The summed E-state index contributed by atoms with van der Waals surface area (Å²) < 4.78 is 0. The minimum Gasteiger partial charge on any atom is -0.368 e. The smallest absolute Gasteiger partial charge is 0.000717 e. The average Bonchev–Trinajstić information content (AvgIpc) is 2.17. The van der Waals surface area contributed by atoms with Crippen molar-refractivity contribution in [1.29, 1.82) is 0 Å². The molecule has 0 fully saturated rings. The van der Waals surface area contributed by atoms with Crippen LogP contribution in [0.15, 0.2) is 36.2 Å². The zero-order chi connectivity index (χ0) is 7.23. The lowest BCUT2D eigenvalue weighted by molar-refractivity contribution is 1.00. The van der Waals surface area contributed by atoms with Crippen molar-refractivity contribution < 1.29 is 0 Å². The molecule has 0 spiro atoms. The molecule has 1 aliphatic rings. The molecule has 0 saturated heterocycles. The van der Waals surface area contributed by atoms with Crippen LogP contribution in [-0.2, 0) is 0 Å². The van der Waals surface area contributed by atoms with Crippen molar-refractivity contribution in [1.82, 2.24) is 5.32 Å². The minimum absolute atomic E-state index is 0.962. The van der Waals surface area contributed by atoms with E-state index in [-0.39, 0.29) is 0 Å². The van der Waals surface area contributed by atoms with Crippen molar-refractivity contribution in [2.75, 3.05) is 0 Å². The predicted octanol–water partition coefficient (Wildman–Crippen LogP) is 2.16. The van der Waals surface area contributed by atoms with E-state index in [1.807, 2.05) is 18.5 Å². The molecule has 0 aromatic heterocycles. The summed E-state index contributed by atoms with van der Waals surface area (Å²) in [7, 11) is 0. The molecule has 10 heavy (non-hydrogen) atoms. The maximum absolute atomic E-state index is 3.79. The summed E-state index contributed by atoms with van der Waals surface area (Å²) in [6, 6.07) is 0. The van der Waals surface area contributed by atoms with Gasteiger partial charge in [0.2, 0.25) is 0 Å². The average molecular weight is 134 g/mol. The van der Waals surface area contributed by atoms with Crippen LogP contribution in [0.4, 0.5) is 0 Å². The molecule has 0 saturated carbocycles. The van der Waals surface area contributed by atoms with Crippen molar-refractivity contribution in [3.63, 3.8) is 0 Å². The highest BCUT2D eigenvalue weighted by atomic mass is 14.8. The van der Waals surface area contributed by atoms with Crippen LogP contribution in [0.25, 0.3) is 0 Å². The van der Waals surface area contributed by atoms with Crippen LogP contribution < -0.4 is 5.32 Å². The van der Waals surface area contributed by atoms with E-state index in [0.29, 0.717) is 0 Å². The standard InChI is InChI=1S/C9H12N/c1-2-4-9-5-3-7-10-8-6-9/h3,5-8,10H,1-2,4H2. The predicted molar refractivity (Wildman–Crippen MR) is 44.1 cm³/mol. The van der Waals surface area contributed by atoms with Crippen molar-refractivity contribution >= 4 is 0 Å². The monoisotopic (exact) mass is 134 g/mol. The summed E-state index contributed by atoms with van der Waals surface area (Å²) >= 11 is 0. The van der Waals surface area contributed by atoms with Crippen molar-refractivity contribution in [3.8, 4) is 0 Å². The SMILES string of the molecule is [CH2]CCC1=CC=CNC=C1. The van der Waals surface area contributed by atoms with Gasteiger partial charge in [0.05, 0.1) is 0 Å². The van der Waals surface area contributed by atoms with Crippen LogP contribution in [0.2, 0.25) is 0 Å². The molecule has 0 bridgehead atoms. The van der Waals surface area contributed by atoms with Crippen molar-refractivity contribution in [3.05, 3.63) is 43.1 Å². The molecule has 0 unspecified atom stereocenters. The normalized spacial score (nSPS) is 15.9. The molecule has 0 atom stereocenters. The zero-order valence-corrected chi connectivity index (χ0v) is 6.01. The zero-order valence-electron chi connectivity index (χ0n) is 6.01. The maximum atomic E-state index is 3.79. The van der Waals surface area contributed by atoms with E-state index in [0.717, 1.165) is 12.8 Å². The van der Waals surface area contributed by atoms with Crippen molar-refractivity contribution in [2.45, 2.75) is 12.8 Å². The number of hydrogen-bond acceptors (Lipinski definition) is 1. The minimum atomic E-state index is 0.962. The van der Waals surface area contributed by atoms with E-state index in [2.05, 4.69) is 24.4 Å². The molecule has 1 rings (SSSR count). The van der Waals surface area contributed by atoms with Gasteiger partial charge in [-0.05, 0) is 30.6 Å². The fourth-order valence-corrected chi connectivity index (χ4v) is 0.864. The van der Waals surface area contributed by atoms with Gasteiger partial charge < -0.3 is 5.32 Å². The lowest BCUT2D eigenvalue weighted by atomic mass is 10.1. The second kappa shape index (κ2) is 3.94. The highest BCUT2D eigenvalue weighted by molar-refractivity contribution is 5.26. The fraction of sp³-hybridized carbons (Fsp3) is 0.222. The van der Waals surface area contributed by atoms with Crippen LogP contribution in [-0.4, -0.2) is 0 Å². The molecular formula is C9H12N. The summed E-state index contributed by atoms with van der Waals surface area (Å²) in [5, 5.41) is 3.00. The molecular weight excluding hydrogens is 122 g/mol. The second-order valence-electron chi connectivity index (χ2n) is 2.20. The molecule has 1 nitrogen and oxygen atoms in total. The third-order valence-electron chi connectivity index (χ3n) is 1.36. The summed E-state index contributed by atoms with van der Waals surface area (Å²) in [6.07, 6.45) is 12.0. The van der Waals surface area contributed by atoms with Gasteiger partial charge in [0.25, 0.3) is 0 Å². The van der Waals surface area contributed by atoms with Gasteiger partial charge in [0.15, 0.2) is 0 Å². The van der Waals surface area contributed by atoms with Gasteiger partial charge in [-0.25, -0.2) is 0 Å². The molecule has 1 radical (unpaired) electrons. The number of hydrogen-bond donors (Lipinski definition) is 1. The van der Waals surface area contributed by atoms with E-state index < -0.39 is 0 Å². The van der Waals surface area contributed by atoms with E-state index in [1.54, 1.807) is 0 Å². The van der Waals surface area contributed by atoms with Gasteiger partial charge in [0.1, 0.15) is 0 Å². The van der Waals surface area contributed by atoms with Crippen LogP contribution in [0.5, 0.6) is 0 Å². The van der Waals surface area contributed by atoms with E-state index >= 15 is 0 Å². The van der Waals surface area contributed by atoms with Gasteiger partial charge >= 0.3 is 0 Å². The molecule has 1 heteroatoms. The molecule has 0 aliphatic carbocycles. The summed E-state index contributed by atoms with van der Waals surface area (Å²) in [4.78, 5) is 0. The lowest BCUT2D eigenvalue weighted by Crippen LogP contribution is -1.88. The van der Waals surface area contributed by atoms with E-state index in [4.69, 9.17) is 0 Å². The molecule has 1 heterocycles. The molecule has 1 aliphatic heterocycles. The fourth-order valence-electron chi connectivity index (χ4n) is 0.864. The summed E-state index contributed by atoms with van der Waals surface area (Å²) in [5.74, 6) is 0.